The maximum absolute atomic E-state index is 14.3. The van der Waals surface area contributed by atoms with Gasteiger partial charge in [0, 0.05) is 11.7 Å². The van der Waals surface area contributed by atoms with Crippen LogP contribution in [0.5, 0.6) is 0 Å². The molecule has 0 aliphatic heterocycles. The Kier molecular flexibility index (Phi) is 12.7. The number of ether oxygens (including phenoxy) is 2. The molecule has 55 heavy (non-hydrogen) atoms. The Morgan fingerprint density at radius 2 is 1.13 bits per heavy atom. The third-order valence-corrected chi connectivity index (χ3v) is 11.5. The van der Waals surface area contributed by atoms with E-state index in [4.69, 9.17) is 4.74 Å². The molecule has 0 saturated carbocycles. The Morgan fingerprint density at radius 1 is 0.655 bits per heavy atom. The summed E-state index contributed by atoms with van der Waals surface area (Å²) in [4.78, 5) is 53.2. The Balaban J connectivity index is 1.30. The average Bonchev–Trinajstić information content (AvgIpc) is 3.55. The molecule has 6 rings (SSSR count). The molecule has 0 fully saturated rings. The van der Waals surface area contributed by atoms with Crippen molar-refractivity contribution in [2.24, 2.45) is 5.92 Å². The normalized spacial score (nSPS) is 13.2. The van der Waals surface area contributed by atoms with Crippen LogP contribution in [0, 0.1) is 5.92 Å². The summed E-state index contributed by atoms with van der Waals surface area (Å²) in [6, 6.07) is 44.1. The highest BCUT2D eigenvalue weighted by molar-refractivity contribution is 8.00. The smallest absolute Gasteiger partial charge is 0.407 e. The van der Waals surface area contributed by atoms with Gasteiger partial charge in [-0.05, 0) is 44.9 Å². The number of thioether (sulfide) groups is 1. The van der Waals surface area contributed by atoms with Crippen LogP contribution in [0.4, 0.5) is 4.79 Å². The first kappa shape index (κ1) is 38.8. The fraction of sp³-hybridized carbons (Fsp3) is 0.244. The lowest BCUT2D eigenvalue weighted by Gasteiger charge is -2.36. The van der Waals surface area contributed by atoms with Crippen LogP contribution in [0.3, 0.4) is 0 Å². The summed E-state index contributed by atoms with van der Waals surface area (Å²) in [7, 11) is 1.23. The average molecular weight is 756 g/mol. The lowest BCUT2D eigenvalue weighted by Crippen LogP contribution is -2.56. The second-order valence-electron chi connectivity index (χ2n) is 13.6. The number of hydrogen-bond acceptors (Lipinski definition) is 7. The summed E-state index contributed by atoms with van der Waals surface area (Å²) in [5.74, 6) is -2.16. The van der Waals surface area contributed by atoms with Crippen LogP contribution < -0.4 is 16.0 Å². The van der Waals surface area contributed by atoms with Crippen LogP contribution >= 0.6 is 11.8 Å². The highest BCUT2D eigenvalue weighted by atomic mass is 32.2. The molecule has 1 aliphatic rings. The third-order valence-electron chi connectivity index (χ3n) is 9.84. The lowest BCUT2D eigenvalue weighted by molar-refractivity contribution is -0.141. The standard InChI is InChI=1S/C45H45N3O6S/c1-30(2)41(43(51)46-27-40(49)53-3)48-42(50)39(47-44(52)54-28-38-36-25-15-13-23-34(36)35-24-14-16-26-37(35)38)29-55-45(31-17-7-4-8-18-31,32-19-9-5-10-20-32)33-21-11-6-12-22-33/h4-26,30,38-39,41H,27-29H2,1-3H3,(H,46,51)(H,47,52)(H,48,50)/t39-,41-/m1/s1. The minimum absolute atomic E-state index is 0.0634. The maximum atomic E-state index is 14.3. The number of amides is 3. The molecule has 10 heteroatoms. The first-order valence-electron chi connectivity index (χ1n) is 18.3. The van der Waals surface area contributed by atoms with Crippen molar-refractivity contribution in [3.63, 3.8) is 0 Å². The zero-order chi connectivity index (χ0) is 38.8. The van der Waals surface area contributed by atoms with Crippen molar-refractivity contribution >= 4 is 35.6 Å². The van der Waals surface area contributed by atoms with Gasteiger partial charge in [-0.1, -0.05) is 153 Å². The number of carbonyl (C=O) groups is 4. The van der Waals surface area contributed by atoms with E-state index in [0.29, 0.717) is 0 Å². The minimum Gasteiger partial charge on any atom is -0.468 e. The van der Waals surface area contributed by atoms with E-state index in [-0.39, 0.29) is 30.7 Å². The molecule has 282 valence electrons. The monoisotopic (exact) mass is 755 g/mol. The van der Waals surface area contributed by atoms with Crippen LogP contribution in [0.2, 0.25) is 0 Å². The van der Waals surface area contributed by atoms with Gasteiger partial charge in [0.15, 0.2) is 0 Å². The van der Waals surface area contributed by atoms with Gasteiger partial charge in [0.2, 0.25) is 11.8 Å². The van der Waals surface area contributed by atoms with Gasteiger partial charge < -0.3 is 25.4 Å². The van der Waals surface area contributed by atoms with Crippen molar-refractivity contribution in [3.8, 4) is 11.1 Å². The molecule has 0 bridgehead atoms. The van der Waals surface area contributed by atoms with E-state index in [1.807, 2.05) is 91.0 Å². The quantitative estimate of drug-likeness (QED) is 0.0774. The number of esters is 1. The predicted octanol–water partition coefficient (Wildman–Crippen LogP) is 7.05. The molecular formula is C45H45N3O6S. The fourth-order valence-electron chi connectivity index (χ4n) is 7.07. The van der Waals surface area contributed by atoms with Gasteiger partial charge in [-0.3, -0.25) is 14.4 Å². The van der Waals surface area contributed by atoms with Crippen LogP contribution in [-0.2, 0) is 28.6 Å². The summed E-state index contributed by atoms with van der Waals surface area (Å²) < 4.78 is 9.79. The molecule has 0 unspecified atom stereocenters. The number of carbonyl (C=O) groups excluding carboxylic acids is 4. The number of methoxy groups -OCH3 is 1. The molecule has 0 saturated heterocycles. The minimum atomic E-state index is -1.13. The Morgan fingerprint density at radius 3 is 1.60 bits per heavy atom. The van der Waals surface area contributed by atoms with Crippen LogP contribution in [0.1, 0.15) is 47.6 Å². The van der Waals surface area contributed by atoms with Crippen molar-refractivity contribution < 1.29 is 28.7 Å². The summed E-state index contributed by atoms with van der Waals surface area (Å²) in [5, 5.41) is 8.26. The van der Waals surface area contributed by atoms with Crippen molar-refractivity contribution in [1.82, 2.24) is 16.0 Å². The van der Waals surface area contributed by atoms with E-state index in [2.05, 4.69) is 69.2 Å². The Hall–Kier alpha value is -5.87. The molecular weight excluding hydrogens is 711 g/mol. The molecule has 0 heterocycles. The number of benzene rings is 5. The first-order valence-corrected chi connectivity index (χ1v) is 19.3. The SMILES string of the molecule is COC(=O)CNC(=O)[C@H](NC(=O)[C@@H](CSC(c1ccccc1)(c1ccccc1)c1ccccc1)NC(=O)OCC1c2ccccc2-c2ccccc21)C(C)C. The van der Waals surface area contributed by atoms with Crippen LogP contribution in [-0.4, -0.2) is 62.0 Å². The second-order valence-corrected chi connectivity index (χ2v) is 14.9. The van der Waals surface area contributed by atoms with E-state index < -0.39 is 40.7 Å². The second kappa shape index (κ2) is 18.0. The highest BCUT2D eigenvalue weighted by Gasteiger charge is 2.39. The number of fused-ring (bicyclic) bond motifs is 3. The molecule has 9 nitrogen and oxygen atoms in total. The van der Waals surface area contributed by atoms with Gasteiger partial charge >= 0.3 is 12.1 Å². The molecule has 3 amide bonds. The molecule has 5 aromatic carbocycles. The van der Waals surface area contributed by atoms with Crippen molar-refractivity contribution in [2.75, 3.05) is 26.0 Å². The molecule has 5 aromatic rings. The summed E-state index contributed by atoms with van der Waals surface area (Å²) >= 11 is 1.50. The number of rotatable bonds is 15. The molecule has 1 aliphatic carbocycles. The number of nitrogens with one attached hydrogen (secondary N) is 3. The first-order chi connectivity index (χ1) is 26.7. The summed E-state index contributed by atoms with van der Waals surface area (Å²) in [6.45, 7) is 3.29. The van der Waals surface area contributed by atoms with E-state index in [0.717, 1.165) is 38.9 Å². The van der Waals surface area contributed by atoms with Crippen LogP contribution in [0.15, 0.2) is 140 Å². The van der Waals surface area contributed by atoms with Gasteiger partial charge in [0.25, 0.3) is 0 Å². The van der Waals surface area contributed by atoms with E-state index in [1.165, 1.54) is 18.9 Å². The van der Waals surface area contributed by atoms with Gasteiger partial charge in [-0.25, -0.2) is 4.79 Å². The zero-order valence-corrected chi connectivity index (χ0v) is 31.9. The van der Waals surface area contributed by atoms with Crippen molar-refractivity contribution in [1.29, 1.82) is 0 Å². The largest absolute Gasteiger partial charge is 0.468 e. The molecule has 0 radical (unpaired) electrons. The number of hydrogen-bond donors (Lipinski definition) is 3. The van der Waals surface area contributed by atoms with E-state index >= 15 is 0 Å². The van der Waals surface area contributed by atoms with Gasteiger partial charge in [-0.2, -0.15) is 0 Å². The molecule has 0 aromatic heterocycles. The topological polar surface area (TPSA) is 123 Å². The van der Waals surface area contributed by atoms with Crippen molar-refractivity contribution in [3.05, 3.63) is 167 Å². The van der Waals surface area contributed by atoms with Gasteiger partial charge in [0.1, 0.15) is 25.2 Å². The number of alkyl carbamates (subject to hydrolysis) is 1. The van der Waals surface area contributed by atoms with Crippen LogP contribution in [0.25, 0.3) is 11.1 Å². The van der Waals surface area contributed by atoms with Gasteiger partial charge in [0.05, 0.1) is 11.9 Å². The maximum Gasteiger partial charge on any atom is 0.407 e. The predicted molar refractivity (Wildman–Crippen MR) is 215 cm³/mol. The van der Waals surface area contributed by atoms with Crippen molar-refractivity contribution in [2.45, 2.75) is 36.6 Å². The fourth-order valence-corrected chi connectivity index (χ4v) is 8.63. The Bertz CT molecular complexity index is 1950. The summed E-state index contributed by atoms with van der Waals surface area (Å²) in [5.41, 5.74) is 7.30. The third kappa shape index (κ3) is 8.76. The van der Waals surface area contributed by atoms with E-state index in [1.54, 1.807) is 13.8 Å². The van der Waals surface area contributed by atoms with E-state index in [9.17, 15) is 19.2 Å². The lowest BCUT2D eigenvalue weighted by atomic mass is 9.84. The summed E-state index contributed by atoms with van der Waals surface area (Å²) in [6.07, 6.45) is -0.761. The molecule has 2 atom stereocenters. The highest BCUT2D eigenvalue weighted by Crippen LogP contribution is 2.49. The zero-order valence-electron chi connectivity index (χ0n) is 31.1. The molecule has 3 N–H and O–H groups in total. The molecule has 0 spiro atoms. The van der Waals surface area contributed by atoms with Gasteiger partial charge in [-0.15, -0.1) is 11.8 Å². The Labute approximate surface area is 326 Å².